The van der Waals surface area contributed by atoms with Gasteiger partial charge in [-0.2, -0.15) is 4.98 Å². The van der Waals surface area contributed by atoms with Gasteiger partial charge in [0.1, 0.15) is 0 Å². The van der Waals surface area contributed by atoms with Crippen molar-refractivity contribution in [3.05, 3.63) is 11.7 Å². The Morgan fingerprint density at radius 2 is 2.25 bits per heavy atom. The Bertz CT molecular complexity index is 314. The van der Waals surface area contributed by atoms with Gasteiger partial charge in [-0.1, -0.05) is 12.1 Å². The van der Waals surface area contributed by atoms with E-state index in [0.29, 0.717) is 6.04 Å². The molecule has 1 fully saturated rings. The maximum Gasteiger partial charge on any atom is 0.226 e. The van der Waals surface area contributed by atoms with Crippen LogP contribution < -0.4 is 5.32 Å². The Hall–Kier alpha value is -0.650. The summed E-state index contributed by atoms with van der Waals surface area (Å²) in [5.74, 6) is 1.56. The summed E-state index contributed by atoms with van der Waals surface area (Å²) in [5.41, 5.74) is 0. The zero-order valence-electron chi connectivity index (χ0n) is 9.77. The fourth-order valence-corrected chi connectivity index (χ4v) is 1.61. The molecule has 2 rings (SSSR count). The van der Waals surface area contributed by atoms with Crippen LogP contribution in [0, 0.1) is 0 Å². The van der Waals surface area contributed by atoms with Crippen LogP contribution in [0.25, 0.3) is 0 Å². The highest BCUT2D eigenvalue weighted by molar-refractivity contribution is 5.85. The molecule has 5 nitrogen and oxygen atoms in total. The lowest BCUT2D eigenvalue weighted by Crippen LogP contribution is -2.55. The van der Waals surface area contributed by atoms with E-state index in [1.807, 2.05) is 0 Å². The van der Waals surface area contributed by atoms with Gasteiger partial charge in [0.15, 0.2) is 5.82 Å². The molecule has 92 valence electrons. The Morgan fingerprint density at radius 3 is 2.81 bits per heavy atom. The summed E-state index contributed by atoms with van der Waals surface area (Å²) in [4.78, 5) is 6.60. The van der Waals surface area contributed by atoms with Crippen molar-refractivity contribution in [3.63, 3.8) is 0 Å². The van der Waals surface area contributed by atoms with Crippen LogP contribution in [-0.4, -0.2) is 41.2 Å². The van der Waals surface area contributed by atoms with E-state index in [1.54, 1.807) is 0 Å². The van der Waals surface area contributed by atoms with Gasteiger partial charge in [-0.05, 0) is 13.5 Å². The molecule has 0 bridgehead atoms. The Morgan fingerprint density at radius 1 is 1.50 bits per heavy atom. The van der Waals surface area contributed by atoms with E-state index in [9.17, 15) is 0 Å². The molecular weight excluding hydrogens is 228 g/mol. The van der Waals surface area contributed by atoms with Crippen LogP contribution in [0.3, 0.4) is 0 Å². The monoisotopic (exact) mass is 246 g/mol. The number of aryl methyl sites for hydroxylation is 1. The molecule has 0 spiro atoms. The minimum absolute atomic E-state index is 0. The van der Waals surface area contributed by atoms with Gasteiger partial charge in [-0.3, -0.25) is 4.90 Å². The summed E-state index contributed by atoms with van der Waals surface area (Å²) in [6.07, 6.45) is 1.92. The molecule has 0 aliphatic carbocycles. The van der Waals surface area contributed by atoms with Crippen molar-refractivity contribution < 1.29 is 4.52 Å². The molecule has 0 atom stereocenters. The predicted molar refractivity (Wildman–Crippen MR) is 63.7 cm³/mol. The number of halogens is 1. The van der Waals surface area contributed by atoms with Gasteiger partial charge >= 0.3 is 0 Å². The highest BCUT2D eigenvalue weighted by Crippen LogP contribution is 2.07. The van der Waals surface area contributed by atoms with Crippen molar-refractivity contribution in [2.24, 2.45) is 0 Å². The Kier molecular flexibility index (Phi) is 5.18. The number of nitrogens with one attached hydrogen (secondary N) is 1. The molecule has 1 aromatic heterocycles. The molecule has 1 saturated heterocycles. The van der Waals surface area contributed by atoms with Gasteiger partial charge < -0.3 is 9.84 Å². The van der Waals surface area contributed by atoms with Crippen LogP contribution in [0.4, 0.5) is 0 Å². The minimum atomic E-state index is 0. The number of hydrogen-bond acceptors (Lipinski definition) is 5. The fourth-order valence-electron chi connectivity index (χ4n) is 1.61. The smallest absolute Gasteiger partial charge is 0.226 e. The normalized spacial score (nSPS) is 15.9. The second-order valence-corrected chi connectivity index (χ2v) is 4.08. The van der Waals surface area contributed by atoms with Crippen molar-refractivity contribution in [2.75, 3.05) is 20.1 Å². The molecule has 16 heavy (non-hydrogen) atoms. The summed E-state index contributed by atoms with van der Waals surface area (Å²) in [6.45, 7) is 5.02. The van der Waals surface area contributed by atoms with E-state index < -0.39 is 0 Å². The molecule has 1 N–H and O–H groups in total. The van der Waals surface area contributed by atoms with E-state index in [4.69, 9.17) is 4.52 Å². The molecule has 0 amide bonds. The van der Waals surface area contributed by atoms with E-state index in [2.05, 4.69) is 34.3 Å². The molecule has 1 aliphatic heterocycles. The lowest BCUT2D eigenvalue weighted by molar-refractivity contribution is 0.168. The lowest BCUT2D eigenvalue weighted by atomic mass is 10.1. The zero-order valence-corrected chi connectivity index (χ0v) is 10.6. The molecular formula is C10H19ClN4O. The number of nitrogens with zero attached hydrogens (tertiary/aromatic N) is 3. The largest absolute Gasteiger partial charge is 0.339 e. The average Bonchev–Trinajstić information content (AvgIpc) is 2.49. The summed E-state index contributed by atoms with van der Waals surface area (Å²) >= 11 is 0. The van der Waals surface area contributed by atoms with Gasteiger partial charge in [-0.25, -0.2) is 0 Å². The quantitative estimate of drug-likeness (QED) is 0.835. The van der Waals surface area contributed by atoms with Crippen LogP contribution in [-0.2, 0) is 13.0 Å². The number of likely N-dealkylation sites (N-methyl/N-ethyl adjacent to an activating group) is 1. The first kappa shape index (κ1) is 13.4. The van der Waals surface area contributed by atoms with Crippen molar-refractivity contribution in [1.82, 2.24) is 20.4 Å². The maximum atomic E-state index is 5.13. The number of hydrogen-bond donors (Lipinski definition) is 1. The summed E-state index contributed by atoms with van der Waals surface area (Å²) in [6, 6.07) is 0.623. The second kappa shape index (κ2) is 6.18. The van der Waals surface area contributed by atoms with Crippen molar-refractivity contribution in [2.45, 2.75) is 32.4 Å². The van der Waals surface area contributed by atoms with Gasteiger partial charge in [0.2, 0.25) is 5.89 Å². The van der Waals surface area contributed by atoms with E-state index in [-0.39, 0.29) is 12.4 Å². The van der Waals surface area contributed by atoms with Crippen LogP contribution in [0.15, 0.2) is 4.52 Å². The Balaban J connectivity index is 0.00000128. The van der Waals surface area contributed by atoms with Gasteiger partial charge in [0, 0.05) is 25.6 Å². The Labute approximate surface area is 102 Å². The fraction of sp³-hybridized carbons (Fsp3) is 0.800. The van der Waals surface area contributed by atoms with Crippen LogP contribution >= 0.6 is 12.4 Å². The van der Waals surface area contributed by atoms with Crippen LogP contribution in [0.2, 0.25) is 0 Å². The molecule has 6 heteroatoms. The highest BCUT2D eigenvalue weighted by Gasteiger charge is 2.22. The van der Waals surface area contributed by atoms with E-state index in [0.717, 1.165) is 44.2 Å². The van der Waals surface area contributed by atoms with Gasteiger partial charge in [-0.15, -0.1) is 12.4 Å². The van der Waals surface area contributed by atoms with Crippen molar-refractivity contribution in [1.29, 1.82) is 0 Å². The molecule has 0 unspecified atom stereocenters. The number of aromatic nitrogens is 2. The molecule has 0 aromatic carbocycles. The third-order valence-electron chi connectivity index (χ3n) is 2.75. The van der Waals surface area contributed by atoms with Crippen molar-refractivity contribution >= 4 is 12.4 Å². The standard InChI is InChI=1S/C10H18N4O.ClH/c1-3-4-10-12-9(13-15-10)7-14(2)8-5-11-6-8;/h8,11H,3-7H2,1-2H3;1H. The third kappa shape index (κ3) is 3.17. The summed E-state index contributed by atoms with van der Waals surface area (Å²) in [5, 5.41) is 7.21. The molecule has 1 aromatic rings. The highest BCUT2D eigenvalue weighted by atomic mass is 35.5. The zero-order chi connectivity index (χ0) is 10.7. The van der Waals surface area contributed by atoms with E-state index in [1.165, 1.54) is 0 Å². The third-order valence-corrected chi connectivity index (χ3v) is 2.75. The van der Waals surface area contributed by atoms with Crippen LogP contribution in [0.5, 0.6) is 0 Å². The first-order valence-electron chi connectivity index (χ1n) is 5.52. The first-order chi connectivity index (χ1) is 7.29. The van der Waals surface area contributed by atoms with Gasteiger partial charge in [0.05, 0.1) is 6.54 Å². The SMILES string of the molecule is CCCc1nc(CN(C)C2CNC2)no1.Cl. The maximum absolute atomic E-state index is 5.13. The molecule has 0 radical (unpaired) electrons. The lowest BCUT2D eigenvalue weighted by Gasteiger charge is -2.34. The molecule has 2 heterocycles. The molecule has 0 saturated carbocycles. The van der Waals surface area contributed by atoms with Gasteiger partial charge in [0.25, 0.3) is 0 Å². The average molecular weight is 247 g/mol. The summed E-state index contributed by atoms with van der Waals surface area (Å²) in [7, 11) is 2.10. The number of rotatable bonds is 5. The van der Waals surface area contributed by atoms with Crippen LogP contribution in [0.1, 0.15) is 25.1 Å². The summed E-state index contributed by atoms with van der Waals surface area (Å²) < 4.78 is 5.13. The molecule has 1 aliphatic rings. The second-order valence-electron chi connectivity index (χ2n) is 4.08. The minimum Gasteiger partial charge on any atom is -0.339 e. The first-order valence-corrected chi connectivity index (χ1v) is 5.52. The van der Waals surface area contributed by atoms with Crippen molar-refractivity contribution in [3.8, 4) is 0 Å². The van der Waals surface area contributed by atoms with E-state index >= 15 is 0 Å². The predicted octanol–water partition coefficient (Wildman–Crippen LogP) is 0.847. The topological polar surface area (TPSA) is 54.2 Å².